The van der Waals surface area contributed by atoms with Crippen LogP contribution in [0.3, 0.4) is 0 Å². The normalized spacial score (nSPS) is 11.1. The SMILES string of the molecule is CCOC(=O)C(/C=C/c1ccc(OCc2ccccc2)c(OC)c1)(Cc1ccc(OCc2ccccc2)c(OC)c1)C(=O)OCC. The highest BCUT2D eigenvalue weighted by molar-refractivity contribution is 6.03. The molecule has 0 spiro atoms. The molecule has 0 fully saturated rings. The van der Waals surface area contributed by atoms with Gasteiger partial charge in [0.2, 0.25) is 0 Å². The summed E-state index contributed by atoms with van der Waals surface area (Å²) >= 11 is 0. The number of hydrogen-bond acceptors (Lipinski definition) is 8. The third kappa shape index (κ3) is 8.69. The van der Waals surface area contributed by atoms with Crippen LogP contribution in [-0.4, -0.2) is 39.4 Å². The first-order valence-electron chi connectivity index (χ1n) is 15.1. The average molecular weight is 625 g/mol. The van der Waals surface area contributed by atoms with Gasteiger partial charge >= 0.3 is 11.9 Å². The number of esters is 2. The lowest BCUT2D eigenvalue weighted by molar-refractivity contribution is -0.167. The van der Waals surface area contributed by atoms with E-state index in [2.05, 4.69) is 0 Å². The summed E-state index contributed by atoms with van der Waals surface area (Å²) in [7, 11) is 3.10. The molecule has 46 heavy (non-hydrogen) atoms. The number of carbonyl (C=O) groups is 2. The smallest absolute Gasteiger partial charge is 0.327 e. The minimum Gasteiger partial charge on any atom is -0.493 e. The van der Waals surface area contributed by atoms with Gasteiger partial charge in [-0.1, -0.05) is 84.9 Å². The topological polar surface area (TPSA) is 89.5 Å². The van der Waals surface area contributed by atoms with Crippen molar-refractivity contribution in [3.05, 3.63) is 125 Å². The second-order valence-corrected chi connectivity index (χ2v) is 10.4. The van der Waals surface area contributed by atoms with Gasteiger partial charge in [0.15, 0.2) is 28.4 Å². The summed E-state index contributed by atoms with van der Waals surface area (Å²) in [6.45, 7) is 4.29. The zero-order valence-electron chi connectivity index (χ0n) is 26.7. The molecule has 0 unspecified atom stereocenters. The van der Waals surface area contributed by atoms with Crippen LogP contribution in [0, 0.1) is 5.41 Å². The highest BCUT2D eigenvalue weighted by atomic mass is 16.6. The third-order valence-electron chi connectivity index (χ3n) is 7.21. The molecule has 0 bridgehead atoms. The Morgan fingerprint density at radius 2 is 1.11 bits per heavy atom. The van der Waals surface area contributed by atoms with E-state index in [1.165, 1.54) is 6.08 Å². The van der Waals surface area contributed by atoms with Crippen LogP contribution in [0.4, 0.5) is 0 Å². The summed E-state index contributed by atoms with van der Waals surface area (Å²) in [4.78, 5) is 27.2. The predicted octanol–water partition coefficient (Wildman–Crippen LogP) is 7.23. The molecule has 0 atom stereocenters. The number of benzene rings is 4. The molecular weight excluding hydrogens is 584 g/mol. The summed E-state index contributed by atoms with van der Waals surface area (Å²) in [5.74, 6) is 0.629. The van der Waals surface area contributed by atoms with E-state index in [1.807, 2.05) is 66.7 Å². The minimum atomic E-state index is -1.78. The largest absolute Gasteiger partial charge is 0.493 e. The molecule has 4 aromatic carbocycles. The molecule has 0 aliphatic rings. The Balaban J connectivity index is 1.64. The van der Waals surface area contributed by atoms with E-state index in [0.717, 1.165) is 11.1 Å². The standard InChI is InChI=1S/C38H40O8/c1-5-43-36(39)38(37(40)44-6-2,25-31-18-20-33(35(24-31)42-4)46-27-30-15-11-8-12-16-30)22-21-28-17-19-32(34(23-28)41-3)45-26-29-13-9-7-10-14-29/h7-24H,5-6,25-27H2,1-4H3/b22-21+. The van der Waals surface area contributed by atoms with Crippen LogP contribution in [0.15, 0.2) is 103 Å². The molecular formula is C38H40O8. The highest BCUT2D eigenvalue weighted by Crippen LogP contribution is 2.36. The number of methoxy groups -OCH3 is 2. The molecule has 0 radical (unpaired) electrons. The van der Waals surface area contributed by atoms with Crippen molar-refractivity contribution in [1.29, 1.82) is 0 Å². The first kappa shape index (κ1) is 33.6. The van der Waals surface area contributed by atoms with Gasteiger partial charge in [-0.25, -0.2) is 0 Å². The third-order valence-corrected chi connectivity index (χ3v) is 7.21. The molecule has 0 N–H and O–H groups in total. The van der Waals surface area contributed by atoms with Crippen LogP contribution in [0.25, 0.3) is 6.08 Å². The van der Waals surface area contributed by atoms with Crippen LogP contribution < -0.4 is 18.9 Å². The van der Waals surface area contributed by atoms with Gasteiger partial charge in [-0.15, -0.1) is 0 Å². The Hall–Kier alpha value is -5.24. The van der Waals surface area contributed by atoms with Crippen LogP contribution in [-0.2, 0) is 38.7 Å². The Kier molecular flexibility index (Phi) is 12.2. The Morgan fingerprint density at radius 1 is 0.609 bits per heavy atom. The molecule has 0 aliphatic heterocycles. The quantitative estimate of drug-likeness (QED) is 0.0953. The van der Waals surface area contributed by atoms with Crippen molar-refractivity contribution < 1.29 is 38.0 Å². The summed E-state index contributed by atoms with van der Waals surface area (Å²) in [6, 6.07) is 30.3. The first-order valence-corrected chi connectivity index (χ1v) is 15.1. The summed E-state index contributed by atoms with van der Waals surface area (Å²) in [6.07, 6.45) is 3.19. The maximum absolute atomic E-state index is 13.6. The lowest BCUT2D eigenvalue weighted by Gasteiger charge is -2.27. The van der Waals surface area contributed by atoms with E-state index < -0.39 is 17.4 Å². The molecule has 0 aromatic heterocycles. The van der Waals surface area contributed by atoms with E-state index in [1.54, 1.807) is 64.5 Å². The number of hydrogen-bond donors (Lipinski definition) is 0. The second-order valence-electron chi connectivity index (χ2n) is 10.4. The summed E-state index contributed by atoms with van der Waals surface area (Å²) in [5.41, 5.74) is 1.59. The van der Waals surface area contributed by atoms with Crippen LogP contribution in [0.1, 0.15) is 36.1 Å². The fraction of sp³-hybridized carbons (Fsp3) is 0.263. The molecule has 8 heteroatoms. The van der Waals surface area contributed by atoms with Crippen molar-refractivity contribution in [3.63, 3.8) is 0 Å². The van der Waals surface area contributed by atoms with Gasteiger partial charge in [0, 0.05) is 6.42 Å². The van der Waals surface area contributed by atoms with Crippen molar-refractivity contribution in [1.82, 2.24) is 0 Å². The molecule has 0 heterocycles. The van der Waals surface area contributed by atoms with E-state index in [0.29, 0.717) is 47.3 Å². The zero-order valence-corrected chi connectivity index (χ0v) is 26.7. The molecule has 0 saturated heterocycles. The molecule has 0 aliphatic carbocycles. The number of ether oxygens (including phenoxy) is 6. The van der Waals surface area contributed by atoms with Crippen molar-refractivity contribution in [2.24, 2.45) is 5.41 Å². The van der Waals surface area contributed by atoms with Gasteiger partial charge in [-0.3, -0.25) is 9.59 Å². The van der Waals surface area contributed by atoms with Gasteiger partial charge in [0.1, 0.15) is 13.2 Å². The zero-order chi connectivity index (χ0) is 32.8. The van der Waals surface area contributed by atoms with E-state index in [9.17, 15) is 9.59 Å². The van der Waals surface area contributed by atoms with Crippen LogP contribution in [0.2, 0.25) is 0 Å². The highest BCUT2D eigenvalue weighted by Gasteiger charge is 2.47. The number of carbonyl (C=O) groups excluding carboxylic acids is 2. The number of rotatable bonds is 16. The van der Waals surface area contributed by atoms with Crippen LogP contribution >= 0.6 is 0 Å². The molecule has 4 rings (SSSR count). The molecule has 0 saturated carbocycles. The van der Waals surface area contributed by atoms with Gasteiger partial charge in [0.05, 0.1) is 27.4 Å². The van der Waals surface area contributed by atoms with Crippen molar-refractivity contribution in [2.45, 2.75) is 33.5 Å². The molecule has 8 nitrogen and oxygen atoms in total. The van der Waals surface area contributed by atoms with Gasteiger partial charge in [0.25, 0.3) is 0 Å². The van der Waals surface area contributed by atoms with E-state index in [-0.39, 0.29) is 19.6 Å². The van der Waals surface area contributed by atoms with Crippen molar-refractivity contribution in [2.75, 3.05) is 27.4 Å². The predicted molar refractivity (Wildman–Crippen MR) is 176 cm³/mol. The molecule has 240 valence electrons. The van der Waals surface area contributed by atoms with Crippen molar-refractivity contribution in [3.8, 4) is 23.0 Å². The lowest BCUT2D eigenvalue weighted by atomic mass is 9.80. The van der Waals surface area contributed by atoms with Gasteiger partial charge in [-0.05, 0) is 60.4 Å². The minimum absolute atomic E-state index is 0.0358. The monoisotopic (exact) mass is 624 g/mol. The molecule has 0 amide bonds. The Labute approximate surface area is 270 Å². The average Bonchev–Trinajstić information content (AvgIpc) is 3.09. The fourth-order valence-electron chi connectivity index (χ4n) is 4.82. The summed E-state index contributed by atoms with van der Waals surface area (Å²) < 4.78 is 34.1. The van der Waals surface area contributed by atoms with E-state index >= 15 is 0 Å². The summed E-state index contributed by atoms with van der Waals surface area (Å²) in [5, 5.41) is 0. The van der Waals surface area contributed by atoms with Crippen LogP contribution in [0.5, 0.6) is 23.0 Å². The second kappa shape index (κ2) is 16.7. The Morgan fingerprint density at radius 3 is 1.61 bits per heavy atom. The van der Waals surface area contributed by atoms with E-state index in [4.69, 9.17) is 28.4 Å². The first-order chi connectivity index (χ1) is 22.4. The van der Waals surface area contributed by atoms with Gasteiger partial charge in [-0.2, -0.15) is 0 Å². The maximum atomic E-state index is 13.6. The van der Waals surface area contributed by atoms with Gasteiger partial charge < -0.3 is 28.4 Å². The fourth-order valence-corrected chi connectivity index (χ4v) is 4.82. The maximum Gasteiger partial charge on any atom is 0.327 e. The van der Waals surface area contributed by atoms with Crippen molar-refractivity contribution >= 4 is 18.0 Å². The Bertz CT molecular complexity index is 1580. The molecule has 4 aromatic rings. The lowest BCUT2D eigenvalue weighted by Crippen LogP contribution is -2.42.